The smallest absolute Gasteiger partial charge is 0.373 e. The number of nitrogens with zero attached hydrogens (tertiary/aromatic N) is 2. The van der Waals surface area contributed by atoms with Gasteiger partial charge < -0.3 is 10.6 Å². The normalized spacial score (nSPS) is 20.1. The van der Waals surface area contributed by atoms with Crippen molar-refractivity contribution in [2.45, 2.75) is 25.1 Å². The SMILES string of the molecule is CNc1cc(NC2CCCSC2)nc(C(F)(F)F)n1. The third kappa shape index (κ3) is 3.89. The number of aromatic nitrogens is 2. The van der Waals surface area contributed by atoms with Gasteiger partial charge in [0, 0.05) is 24.9 Å². The zero-order valence-electron chi connectivity index (χ0n) is 10.4. The van der Waals surface area contributed by atoms with E-state index in [1.807, 2.05) is 0 Å². The van der Waals surface area contributed by atoms with E-state index in [9.17, 15) is 13.2 Å². The Bertz CT molecular complexity index is 432. The van der Waals surface area contributed by atoms with Gasteiger partial charge in [-0.25, -0.2) is 9.97 Å². The van der Waals surface area contributed by atoms with Gasteiger partial charge in [0.05, 0.1) is 0 Å². The van der Waals surface area contributed by atoms with E-state index >= 15 is 0 Å². The average molecular weight is 292 g/mol. The maximum atomic E-state index is 12.7. The molecule has 0 saturated carbocycles. The van der Waals surface area contributed by atoms with Crippen LogP contribution < -0.4 is 10.6 Å². The summed E-state index contributed by atoms with van der Waals surface area (Å²) in [5.41, 5.74) is 0. The molecule has 2 N–H and O–H groups in total. The zero-order valence-corrected chi connectivity index (χ0v) is 11.2. The van der Waals surface area contributed by atoms with Crippen LogP contribution in [0, 0.1) is 0 Å². The zero-order chi connectivity index (χ0) is 13.9. The summed E-state index contributed by atoms with van der Waals surface area (Å²) in [6.07, 6.45) is -2.52. The van der Waals surface area contributed by atoms with Crippen molar-refractivity contribution in [1.29, 1.82) is 0 Å². The second-order valence-corrected chi connectivity index (χ2v) is 5.42. The molecule has 1 fully saturated rings. The van der Waals surface area contributed by atoms with E-state index in [0.717, 1.165) is 24.3 Å². The second-order valence-electron chi connectivity index (χ2n) is 4.27. The first-order valence-corrected chi connectivity index (χ1v) is 7.13. The first-order chi connectivity index (χ1) is 8.99. The molecule has 4 nitrogen and oxygen atoms in total. The van der Waals surface area contributed by atoms with Crippen LogP contribution in [0.4, 0.5) is 24.8 Å². The van der Waals surface area contributed by atoms with Crippen molar-refractivity contribution < 1.29 is 13.2 Å². The minimum absolute atomic E-state index is 0.160. The van der Waals surface area contributed by atoms with E-state index in [0.29, 0.717) is 0 Å². The Labute approximate surface area is 113 Å². The van der Waals surface area contributed by atoms with Crippen molar-refractivity contribution in [3.8, 4) is 0 Å². The van der Waals surface area contributed by atoms with Crippen molar-refractivity contribution in [2.24, 2.45) is 0 Å². The number of alkyl halides is 3. The highest BCUT2D eigenvalue weighted by Crippen LogP contribution is 2.29. The fourth-order valence-electron chi connectivity index (χ4n) is 1.84. The molecule has 2 heterocycles. The van der Waals surface area contributed by atoms with Gasteiger partial charge in [-0.15, -0.1) is 0 Å². The summed E-state index contributed by atoms with van der Waals surface area (Å²) >= 11 is 1.80. The average Bonchev–Trinajstić information content (AvgIpc) is 2.38. The van der Waals surface area contributed by atoms with Crippen LogP contribution in [-0.2, 0) is 6.18 Å². The van der Waals surface area contributed by atoms with Crippen LogP contribution in [0.2, 0.25) is 0 Å². The number of anilines is 2. The molecule has 2 rings (SSSR count). The maximum absolute atomic E-state index is 12.7. The van der Waals surface area contributed by atoms with Crippen LogP contribution >= 0.6 is 11.8 Å². The molecule has 0 radical (unpaired) electrons. The lowest BCUT2D eigenvalue weighted by molar-refractivity contribution is -0.144. The van der Waals surface area contributed by atoms with E-state index in [1.165, 1.54) is 13.1 Å². The summed E-state index contributed by atoms with van der Waals surface area (Å²) in [6.45, 7) is 0. The molecule has 0 aromatic carbocycles. The molecule has 1 aromatic heterocycles. The van der Waals surface area contributed by atoms with Crippen molar-refractivity contribution in [3.05, 3.63) is 11.9 Å². The van der Waals surface area contributed by atoms with Gasteiger partial charge in [0.1, 0.15) is 11.6 Å². The highest BCUT2D eigenvalue weighted by Gasteiger charge is 2.35. The van der Waals surface area contributed by atoms with Crippen LogP contribution in [-0.4, -0.2) is 34.6 Å². The van der Waals surface area contributed by atoms with Gasteiger partial charge in [-0.1, -0.05) is 0 Å². The number of hydrogen-bond donors (Lipinski definition) is 2. The fourth-order valence-corrected chi connectivity index (χ4v) is 2.91. The topological polar surface area (TPSA) is 49.8 Å². The van der Waals surface area contributed by atoms with Gasteiger partial charge >= 0.3 is 6.18 Å². The molecule has 1 atom stereocenters. The lowest BCUT2D eigenvalue weighted by Gasteiger charge is -2.23. The number of thioether (sulfide) groups is 1. The molecular formula is C11H15F3N4S. The maximum Gasteiger partial charge on any atom is 0.451 e. The first kappa shape index (κ1) is 14.2. The van der Waals surface area contributed by atoms with Crippen molar-refractivity contribution in [2.75, 3.05) is 29.2 Å². The van der Waals surface area contributed by atoms with E-state index in [2.05, 4.69) is 20.6 Å². The minimum Gasteiger partial charge on any atom is -0.373 e. The molecule has 8 heteroatoms. The van der Waals surface area contributed by atoms with Crippen LogP contribution in [0.15, 0.2) is 6.07 Å². The Kier molecular flexibility index (Phi) is 4.38. The van der Waals surface area contributed by atoms with Gasteiger partial charge in [-0.05, 0) is 18.6 Å². The lowest BCUT2D eigenvalue weighted by Crippen LogP contribution is -2.27. The predicted molar refractivity (Wildman–Crippen MR) is 70.6 cm³/mol. The van der Waals surface area contributed by atoms with E-state index < -0.39 is 12.0 Å². The van der Waals surface area contributed by atoms with Crippen LogP contribution in [0.3, 0.4) is 0 Å². The fraction of sp³-hybridized carbons (Fsp3) is 0.636. The van der Waals surface area contributed by atoms with E-state index in [-0.39, 0.29) is 17.7 Å². The molecular weight excluding hydrogens is 277 g/mol. The van der Waals surface area contributed by atoms with Crippen LogP contribution in [0.1, 0.15) is 18.7 Å². The second kappa shape index (κ2) is 5.85. The van der Waals surface area contributed by atoms with Crippen molar-refractivity contribution in [3.63, 3.8) is 0 Å². The third-order valence-corrected chi connectivity index (χ3v) is 3.96. The quantitative estimate of drug-likeness (QED) is 0.897. The Balaban J connectivity index is 2.19. The molecule has 0 aliphatic carbocycles. The molecule has 1 aliphatic heterocycles. The summed E-state index contributed by atoms with van der Waals surface area (Å²) in [4.78, 5) is 6.97. The number of hydrogen-bond acceptors (Lipinski definition) is 5. The molecule has 1 saturated heterocycles. The third-order valence-electron chi connectivity index (χ3n) is 2.75. The molecule has 1 aromatic rings. The van der Waals surface area contributed by atoms with Crippen molar-refractivity contribution in [1.82, 2.24) is 9.97 Å². The highest BCUT2D eigenvalue weighted by atomic mass is 32.2. The number of rotatable bonds is 3. The monoisotopic (exact) mass is 292 g/mol. The highest BCUT2D eigenvalue weighted by molar-refractivity contribution is 7.99. The summed E-state index contributed by atoms with van der Waals surface area (Å²) in [5, 5.41) is 5.68. The van der Waals surface area contributed by atoms with Gasteiger partial charge in [0.2, 0.25) is 5.82 Å². The molecule has 106 valence electrons. The predicted octanol–water partition coefficient (Wildman–Crippen LogP) is 2.84. The molecule has 1 aliphatic rings. The van der Waals surface area contributed by atoms with Crippen molar-refractivity contribution >= 4 is 23.4 Å². The van der Waals surface area contributed by atoms with Crippen LogP contribution in [0.25, 0.3) is 0 Å². The summed E-state index contributed by atoms with van der Waals surface area (Å²) in [7, 11) is 1.53. The van der Waals surface area contributed by atoms with Gasteiger partial charge in [-0.2, -0.15) is 24.9 Å². The Morgan fingerprint density at radius 2 is 2.05 bits per heavy atom. The Morgan fingerprint density at radius 1 is 1.32 bits per heavy atom. The molecule has 1 unspecified atom stereocenters. The van der Waals surface area contributed by atoms with Gasteiger partial charge in [0.15, 0.2) is 0 Å². The molecule has 0 amide bonds. The summed E-state index contributed by atoms with van der Waals surface area (Å²) < 4.78 is 38.0. The lowest BCUT2D eigenvalue weighted by atomic mass is 10.2. The standard InChI is InChI=1S/C11H15F3N4S/c1-15-8-5-9(16-7-3-2-4-19-6-7)18-10(17-8)11(12,13)14/h5,7H,2-4,6H2,1H3,(H2,15,16,17,18). The summed E-state index contributed by atoms with van der Waals surface area (Å²) in [5.74, 6) is 1.26. The van der Waals surface area contributed by atoms with Gasteiger partial charge in [-0.3, -0.25) is 0 Å². The first-order valence-electron chi connectivity index (χ1n) is 5.97. The number of nitrogens with one attached hydrogen (secondary N) is 2. The van der Waals surface area contributed by atoms with Crippen LogP contribution in [0.5, 0.6) is 0 Å². The molecule has 0 bridgehead atoms. The minimum atomic E-state index is -4.54. The Morgan fingerprint density at radius 3 is 2.63 bits per heavy atom. The molecule has 19 heavy (non-hydrogen) atoms. The Hall–Kier alpha value is -1.18. The number of halogens is 3. The van der Waals surface area contributed by atoms with E-state index in [1.54, 1.807) is 11.8 Å². The van der Waals surface area contributed by atoms with Gasteiger partial charge in [0.25, 0.3) is 0 Å². The summed E-state index contributed by atoms with van der Waals surface area (Å²) in [6, 6.07) is 1.66. The van der Waals surface area contributed by atoms with E-state index in [4.69, 9.17) is 0 Å². The largest absolute Gasteiger partial charge is 0.451 e. The molecule has 0 spiro atoms.